The number of thiazole rings is 1. The van der Waals surface area contributed by atoms with Crippen LogP contribution in [0.4, 0.5) is 5.69 Å². The van der Waals surface area contributed by atoms with E-state index in [1.165, 1.54) is 11.3 Å². The molecule has 0 bridgehead atoms. The molecule has 0 aliphatic carbocycles. The molecule has 0 spiro atoms. The summed E-state index contributed by atoms with van der Waals surface area (Å²) in [5, 5.41) is 17.2. The van der Waals surface area contributed by atoms with Crippen LogP contribution in [-0.4, -0.2) is 16.0 Å². The molecule has 26 heavy (non-hydrogen) atoms. The van der Waals surface area contributed by atoms with Crippen molar-refractivity contribution in [2.75, 3.05) is 5.32 Å². The van der Waals surface area contributed by atoms with E-state index in [0.29, 0.717) is 11.4 Å². The van der Waals surface area contributed by atoms with Crippen molar-refractivity contribution in [3.63, 3.8) is 0 Å². The number of benzene rings is 2. The first-order valence-corrected chi connectivity index (χ1v) is 9.66. The number of amides is 1. The lowest BCUT2D eigenvalue weighted by molar-refractivity contribution is 0.102. The van der Waals surface area contributed by atoms with Crippen molar-refractivity contribution >= 4 is 34.3 Å². The van der Waals surface area contributed by atoms with Crippen molar-refractivity contribution < 1.29 is 9.90 Å². The summed E-state index contributed by atoms with van der Waals surface area (Å²) in [6.07, 6.45) is 0. The van der Waals surface area contributed by atoms with Crippen LogP contribution in [0.2, 0.25) is 0 Å². The van der Waals surface area contributed by atoms with Crippen LogP contribution in [0.3, 0.4) is 0 Å². The molecule has 2 heterocycles. The number of carbonyl (C=O) groups excluding carboxylic acids is 1. The molecular formula is C20H14N2O2S2. The molecule has 0 fully saturated rings. The molecule has 0 unspecified atom stereocenters. The molecule has 4 nitrogen and oxygen atoms in total. The normalized spacial score (nSPS) is 10.6. The third-order valence-corrected chi connectivity index (χ3v) is 5.68. The average molecular weight is 378 g/mol. The molecule has 2 N–H and O–H groups in total. The molecule has 1 amide bonds. The van der Waals surface area contributed by atoms with Gasteiger partial charge in [-0.05, 0) is 35.2 Å². The van der Waals surface area contributed by atoms with E-state index in [1.54, 1.807) is 34.9 Å². The minimum absolute atomic E-state index is 0.184. The average Bonchev–Trinajstić information content (AvgIpc) is 3.34. The summed E-state index contributed by atoms with van der Waals surface area (Å²) in [5.41, 5.74) is 2.74. The largest absolute Gasteiger partial charge is 0.508 e. The molecule has 4 rings (SSSR count). The molecule has 0 atom stereocenters. The maximum atomic E-state index is 12.6. The van der Waals surface area contributed by atoms with Crippen molar-refractivity contribution in [3.05, 3.63) is 77.1 Å². The van der Waals surface area contributed by atoms with E-state index < -0.39 is 0 Å². The number of hydrogen-bond donors (Lipinski definition) is 2. The van der Waals surface area contributed by atoms with Crippen molar-refractivity contribution in [1.82, 2.24) is 4.98 Å². The number of aromatic hydroxyl groups is 1. The Labute approximate surface area is 158 Å². The number of nitrogens with zero attached hydrogens (tertiary/aromatic N) is 1. The van der Waals surface area contributed by atoms with E-state index in [2.05, 4.69) is 10.3 Å². The van der Waals surface area contributed by atoms with Crippen LogP contribution in [0.25, 0.3) is 21.0 Å². The van der Waals surface area contributed by atoms with Crippen LogP contribution >= 0.6 is 22.7 Å². The first-order chi connectivity index (χ1) is 12.7. The number of thiophene rings is 1. The second-order valence-corrected chi connectivity index (χ2v) is 7.37. The van der Waals surface area contributed by atoms with Crippen molar-refractivity contribution in [2.45, 2.75) is 0 Å². The fourth-order valence-electron chi connectivity index (χ4n) is 2.60. The smallest absolute Gasteiger partial charge is 0.275 e. The van der Waals surface area contributed by atoms with Crippen LogP contribution in [0, 0.1) is 0 Å². The second-order valence-electron chi connectivity index (χ2n) is 5.57. The summed E-state index contributed by atoms with van der Waals surface area (Å²) >= 11 is 3.05. The van der Waals surface area contributed by atoms with Gasteiger partial charge in [0.2, 0.25) is 0 Å². The van der Waals surface area contributed by atoms with Crippen LogP contribution < -0.4 is 5.32 Å². The summed E-state index contributed by atoms with van der Waals surface area (Å²) in [6.45, 7) is 0. The SMILES string of the molecule is O=C(Nc1ccccc1-c1cccc(O)c1)c1csc(-c2cccs2)n1. The highest BCUT2D eigenvalue weighted by atomic mass is 32.1. The highest BCUT2D eigenvalue weighted by Gasteiger charge is 2.14. The van der Waals surface area contributed by atoms with Crippen LogP contribution in [0.1, 0.15) is 10.5 Å². The van der Waals surface area contributed by atoms with Gasteiger partial charge in [-0.25, -0.2) is 4.98 Å². The lowest BCUT2D eigenvalue weighted by atomic mass is 10.0. The molecule has 2 aromatic carbocycles. The first-order valence-electron chi connectivity index (χ1n) is 7.90. The fourth-order valence-corrected chi connectivity index (χ4v) is 4.21. The molecule has 0 saturated carbocycles. The monoisotopic (exact) mass is 378 g/mol. The molecule has 0 aliphatic rings. The van der Waals surface area contributed by atoms with Crippen LogP contribution in [0.15, 0.2) is 71.4 Å². The number of anilines is 1. The Morgan fingerprint density at radius 2 is 1.88 bits per heavy atom. The summed E-state index contributed by atoms with van der Waals surface area (Å²) in [5.74, 6) is -0.0691. The van der Waals surface area contributed by atoms with Crippen LogP contribution in [-0.2, 0) is 0 Å². The molecule has 0 radical (unpaired) electrons. The zero-order valence-corrected chi connectivity index (χ0v) is 15.2. The van der Waals surface area contributed by atoms with Gasteiger partial charge in [0.1, 0.15) is 16.5 Å². The predicted molar refractivity (Wildman–Crippen MR) is 107 cm³/mol. The van der Waals surface area contributed by atoms with Gasteiger partial charge in [0.05, 0.1) is 4.88 Å². The summed E-state index contributed by atoms with van der Waals surface area (Å²) in [7, 11) is 0. The van der Waals surface area contributed by atoms with Crippen LogP contribution in [0.5, 0.6) is 5.75 Å². The molecule has 0 aliphatic heterocycles. The van der Waals surface area contributed by atoms with E-state index in [1.807, 2.05) is 47.8 Å². The first kappa shape index (κ1) is 16.5. The maximum absolute atomic E-state index is 12.6. The lowest BCUT2D eigenvalue weighted by Crippen LogP contribution is -2.13. The Hall–Kier alpha value is -2.96. The minimum Gasteiger partial charge on any atom is -0.508 e. The number of para-hydroxylation sites is 1. The van der Waals surface area contributed by atoms with Gasteiger partial charge in [-0.3, -0.25) is 4.79 Å². The number of aromatic nitrogens is 1. The van der Waals surface area contributed by atoms with Gasteiger partial charge in [-0.15, -0.1) is 22.7 Å². The third kappa shape index (κ3) is 3.37. The van der Waals surface area contributed by atoms with Crippen molar-refractivity contribution in [1.29, 1.82) is 0 Å². The highest BCUT2D eigenvalue weighted by Crippen LogP contribution is 2.31. The summed E-state index contributed by atoms with van der Waals surface area (Å²) in [6, 6.07) is 18.4. The molecule has 128 valence electrons. The fraction of sp³-hybridized carbons (Fsp3) is 0. The number of phenolic OH excluding ortho intramolecular Hbond substituents is 1. The van der Waals surface area contributed by atoms with Crippen molar-refractivity contribution in [2.24, 2.45) is 0 Å². The number of carbonyl (C=O) groups is 1. The third-order valence-electron chi connectivity index (χ3n) is 3.80. The van der Waals surface area contributed by atoms with Gasteiger partial charge in [-0.1, -0.05) is 36.4 Å². The second kappa shape index (κ2) is 7.11. The van der Waals surface area contributed by atoms with Gasteiger partial charge in [0.15, 0.2) is 0 Å². The summed E-state index contributed by atoms with van der Waals surface area (Å²) < 4.78 is 0. The Morgan fingerprint density at radius 1 is 1.00 bits per heavy atom. The number of nitrogens with one attached hydrogen (secondary N) is 1. The molecule has 2 aromatic heterocycles. The van der Waals surface area contributed by atoms with Gasteiger partial charge >= 0.3 is 0 Å². The van der Waals surface area contributed by atoms with Crippen molar-refractivity contribution in [3.8, 4) is 26.8 Å². The quantitative estimate of drug-likeness (QED) is 0.493. The zero-order chi connectivity index (χ0) is 17.9. The number of phenols is 1. The molecule has 4 aromatic rings. The van der Waals surface area contributed by atoms with E-state index in [0.717, 1.165) is 21.0 Å². The topological polar surface area (TPSA) is 62.2 Å². The molecule has 0 saturated heterocycles. The predicted octanol–water partition coefficient (Wildman–Crippen LogP) is 5.50. The highest BCUT2D eigenvalue weighted by molar-refractivity contribution is 7.20. The number of rotatable bonds is 4. The Kier molecular flexibility index (Phi) is 4.51. The van der Waals surface area contributed by atoms with Gasteiger partial charge in [-0.2, -0.15) is 0 Å². The van der Waals surface area contributed by atoms with Gasteiger partial charge < -0.3 is 10.4 Å². The van der Waals surface area contributed by atoms with Gasteiger partial charge in [0, 0.05) is 16.6 Å². The van der Waals surface area contributed by atoms with E-state index >= 15 is 0 Å². The van der Waals surface area contributed by atoms with E-state index in [-0.39, 0.29) is 11.7 Å². The maximum Gasteiger partial charge on any atom is 0.275 e. The Bertz CT molecular complexity index is 1060. The molecule has 6 heteroatoms. The lowest BCUT2D eigenvalue weighted by Gasteiger charge is -2.10. The zero-order valence-electron chi connectivity index (χ0n) is 13.5. The Balaban J connectivity index is 1.61. The molecular weight excluding hydrogens is 364 g/mol. The van der Waals surface area contributed by atoms with Gasteiger partial charge in [0.25, 0.3) is 5.91 Å². The minimum atomic E-state index is -0.253. The summed E-state index contributed by atoms with van der Waals surface area (Å²) in [4.78, 5) is 18.1. The Morgan fingerprint density at radius 3 is 2.69 bits per heavy atom. The number of hydrogen-bond acceptors (Lipinski definition) is 5. The van der Waals surface area contributed by atoms with E-state index in [4.69, 9.17) is 0 Å². The van der Waals surface area contributed by atoms with E-state index in [9.17, 15) is 9.90 Å². The standard InChI is InChI=1S/C20H14N2O2S2/c23-14-6-3-5-13(11-14)15-7-1-2-8-16(15)21-19(24)17-12-26-20(22-17)18-9-4-10-25-18/h1-12,23H,(H,21,24).